The lowest BCUT2D eigenvalue weighted by Gasteiger charge is -2.18. The van der Waals surface area contributed by atoms with E-state index in [0.29, 0.717) is 19.5 Å². The first-order valence-electron chi connectivity index (χ1n) is 8.90. The van der Waals surface area contributed by atoms with Crippen LogP contribution in [0.5, 0.6) is 0 Å². The number of carbonyl (C=O) groups excluding carboxylic acids is 2. The van der Waals surface area contributed by atoms with Crippen molar-refractivity contribution in [2.24, 2.45) is 0 Å². The molecule has 1 aliphatic heterocycles. The molecule has 1 aliphatic rings. The zero-order valence-corrected chi connectivity index (χ0v) is 15.2. The molecule has 0 saturated carbocycles. The van der Waals surface area contributed by atoms with E-state index in [2.05, 4.69) is 15.6 Å². The molecule has 0 aliphatic carbocycles. The highest BCUT2D eigenvalue weighted by molar-refractivity contribution is 5.96. The van der Waals surface area contributed by atoms with E-state index in [0.717, 1.165) is 24.2 Å². The monoisotopic (exact) mass is 355 g/mol. The smallest absolute Gasteiger partial charge is 0.315 e. The average molecular weight is 355 g/mol. The van der Waals surface area contributed by atoms with Gasteiger partial charge in [0.15, 0.2) is 0 Å². The Morgan fingerprint density at radius 2 is 2.15 bits per heavy atom. The van der Waals surface area contributed by atoms with Crippen molar-refractivity contribution in [3.05, 3.63) is 48.0 Å². The van der Waals surface area contributed by atoms with E-state index < -0.39 is 0 Å². The molecular formula is C19H25N5O2. The lowest BCUT2D eigenvalue weighted by atomic mass is 10.1. The Hall–Kier alpha value is -2.83. The molecule has 0 spiro atoms. The topological polar surface area (TPSA) is 79.3 Å². The highest BCUT2D eigenvalue weighted by Crippen LogP contribution is 2.24. The summed E-state index contributed by atoms with van der Waals surface area (Å²) in [4.78, 5) is 30.1. The number of rotatable bonds is 6. The number of aryl methyl sites for hydroxylation is 3. The largest absolute Gasteiger partial charge is 0.338 e. The lowest BCUT2D eigenvalue weighted by Crippen LogP contribution is -2.43. The molecule has 0 radical (unpaired) electrons. The molecule has 1 saturated heterocycles. The number of anilines is 1. The third-order valence-corrected chi connectivity index (χ3v) is 4.70. The van der Waals surface area contributed by atoms with Gasteiger partial charge in [0.1, 0.15) is 0 Å². The Bertz CT molecular complexity index is 772. The van der Waals surface area contributed by atoms with Crippen molar-refractivity contribution in [1.29, 1.82) is 0 Å². The van der Waals surface area contributed by atoms with E-state index >= 15 is 0 Å². The Morgan fingerprint density at radius 3 is 2.88 bits per heavy atom. The van der Waals surface area contributed by atoms with Gasteiger partial charge in [-0.2, -0.15) is 0 Å². The lowest BCUT2D eigenvalue weighted by molar-refractivity contribution is -0.117. The van der Waals surface area contributed by atoms with Crippen LogP contribution in [0.4, 0.5) is 10.5 Å². The maximum absolute atomic E-state index is 12.3. The van der Waals surface area contributed by atoms with Gasteiger partial charge in [0, 0.05) is 44.1 Å². The fourth-order valence-corrected chi connectivity index (χ4v) is 3.07. The first kappa shape index (κ1) is 18.0. The molecular weight excluding hydrogens is 330 g/mol. The van der Waals surface area contributed by atoms with E-state index in [1.165, 1.54) is 5.56 Å². The van der Waals surface area contributed by atoms with Gasteiger partial charge in [-0.1, -0.05) is 6.07 Å². The third-order valence-electron chi connectivity index (χ3n) is 4.70. The van der Waals surface area contributed by atoms with Gasteiger partial charge in [-0.25, -0.2) is 9.78 Å². The molecule has 1 aromatic carbocycles. The minimum Gasteiger partial charge on any atom is -0.338 e. The number of nitrogens with zero attached hydrogens (tertiary/aromatic N) is 3. The van der Waals surface area contributed by atoms with Crippen molar-refractivity contribution in [1.82, 2.24) is 20.2 Å². The quantitative estimate of drug-likeness (QED) is 0.778. The minimum absolute atomic E-state index is 0.0404. The van der Waals surface area contributed by atoms with Crippen LogP contribution in [0.1, 0.15) is 24.0 Å². The number of aromatic nitrogens is 2. The number of benzene rings is 1. The van der Waals surface area contributed by atoms with Crippen LogP contribution in [0.2, 0.25) is 0 Å². The van der Waals surface area contributed by atoms with E-state index in [-0.39, 0.29) is 18.0 Å². The summed E-state index contributed by atoms with van der Waals surface area (Å²) in [5.41, 5.74) is 3.25. The zero-order chi connectivity index (χ0) is 18.5. The molecule has 3 amide bonds. The number of urea groups is 1. The van der Waals surface area contributed by atoms with Gasteiger partial charge in [-0.15, -0.1) is 0 Å². The Labute approximate surface area is 153 Å². The number of amides is 3. The first-order chi connectivity index (χ1) is 12.5. The molecule has 7 nitrogen and oxygen atoms in total. The van der Waals surface area contributed by atoms with Gasteiger partial charge in [0.2, 0.25) is 5.91 Å². The Kier molecular flexibility index (Phi) is 5.55. The van der Waals surface area contributed by atoms with Crippen LogP contribution < -0.4 is 15.5 Å². The molecule has 1 aromatic heterocycles. The number of hydrogen-bond acceptors (Lipinski definition) is 3. The van der Waals surface area contributed by atoms with Gasteiger partial charge in [0.25, 0.3) is 0 Å². The number of nitrogens with one attached hydrogen (secondary N) is 2. The van der Waals surface area contributed by atoms with Gasteiger partial charge >= 0.3 is 6.03 Å². The predicted molar refractivity (Wildman–Crippen MR) is 100 cm³/mol. The van der Waals surface area contributed by atoms with Crippen LogP contribution in [0.3, 0.4) is 0 Å². The molecule has 2 N–H and O–H groups in total. The van der Waals surface area contributed by atoms with Crippen molar-refractivity contribution in [2.45, 2.75) is 39.3 Å². The van der Waals surface area contributed by atoms with Crippen LogP contribution in [0.25, 0.3) is 0 Å². The Morgan fingerprint density at radius 1 is 1.31 bits per heavy atom. The highest BCUT2D eigenvalue weighted by atomic mass is 16.2. The second kappa shape index (κ2) is 8.03. The molecule has 0 bridgehead atoms. The SMILES string of the molecule is Cc1ccc(N2C[C@H](NC(=O)NCCCn3ccnc3)CC2=O)cc1C. The van der Waals surface area contributed by atoms with Crippen molar-refractivity contribution in [3.8, 4) is 0 Å². The summed E-state index contributed by atoms with van der Waals surface area (Å²) in [6.07, 6.45) is 6.53. The van der Waals surface area contributed by atoms with E-state index in [1.807, 2.05) is 42.8 Å². The molecule has 3 rings (SSSR count). The van der Waals surface area contributed by atoms with Crippen LogP contribution in [0, 0.1) is 13.8 Å². The number of carbonyl (C=O) groups is 2. The summed E-state index contributed by atoms with van der Waals surface area (Å²) in [5, 5.41) is 5.74. The minimum atomic E-state index is -0.227. The summed E-state index contributed by atoms with van der Waals surface area (Å²) >= 11 is 0. The maximum atomic E-state index is 12.3. The third kappa shape index (κ3) is 4.41. The number of hydrogen-bond donors (Lipinski definition) is 2. The van der Waals surface area contributed by atoms with Gasteiger partial charge in [0.05, 0.1) is 12.4 Å². The maximum Gasteiger partial charge on any atom is 0.315 e. The standard InChI is InChI=1S/C19H25N5O2/c1-14-4-5-17(10-15(14)2)24-12-16(11-18(24)25)22-19(26)21-6-3-8-23-9-7-20-13-23/h4-5,7,9-10,13,16H,3,6,8,11-12H2,1-2H3,(H2,21,22,26)/t16-/m1/s1. The van der Waals surface area contributed by atoms with Crippen molar-refractivity contribution >= 4 is 17.6 Å². The molecule has 1 fully saturated rings. The van der Waals surface area contributed by atoms with Gasteiger partial charge in [-0.05, 0) is 43.5 Å². The summed E-state index contributed by atoms with van der Waals surface area (Å²) in [6, 6.07) is 5.60. The second-order valence-corrected chi connectivity index (χ2v) is 6.73. The zero-order valence-electron chi connectivity index (χ0n) is 15.2. The summed E-state index contributed by atoms with van der Waals surface area (Å²) in [5.74, 6) is 0.0404. The van der Waals surface area contributed by atoms with Gasteiger partial charge in [-0.3, -0.25) is 4.79 Å². The van der Waals surface area contributed by atoms with Crippen LogP contribution in [-0.2, 0) is 11.3 Å². The average Bonchev–Trinajstić information content (AvgIpc) is 3.24. The molecule has 2 aromatic rings. The predicted octanol–water partition coefficient (Wildman–Crippen LogP) is 1.99. The van der Waals surface area contributed by atoms with E-state index in [1.54, 1.807) is 17.4 Å². The fourth-order valence-electron chi connectivity index (χ4n) is 3.07. The Balaban J connectivity index is 1.44. The molecule has 0 unspecified atom stereocenters. The molecule has 26 heavy (non-hydrogen) atoms. The van der Waals surface area contributed by atoms with Crippen LogP contribution >= 0.6 is 0 Å². The fraction of sp³-hybridized carbons (Fsp3) is 0.421. The first-order valence-corrected chi connectivity index (χ1v) is 8.90. The molecule has 138 valence electrons. The second-order valence-electron chi connectivity index (χ2n) is 6.73. The molecule has 1 atom stereocenters. The molecule has 2 heterocycles. The van der Waals surface area contributed by atoms with Crippen LogP contribution in [-0.4, -0.2) is 40.6 Å². The normalized spacial score (nSPS) is 16.8. The van der Waals surface area contributed by atoms with Gasteiger partial charge < -0.3 is 20.1 Å². The van der Waals surface area contributed by atoms with Crippen molar-refractivity contribution in [3.63, 3.8) is 0 Å². The van der Waals surface area contributed by atoms with Crippen molar-refractivity contribution < 1.29 is 9.59 Å². The van der Waals surface area contributed by atoms with Crippen LogP contribution in [0.15, 0.2) is 36.9 Å². The summed E-state index contributed by atoms with van der Waals surface area (Å²) in [7, 11) is 0. The molecule has 7 heteroatoms. The van der Waals surface area contributed by atoms with E-state index in [4.69, 9.17) is 0 Å². The summed E-state index contributed by atoms with van der Waals surface area (Å²) in [6.45, 7) is 5.97. The summed E-state index contributed by atoms with van der Waals surface area (Å²) < 4.78 is 1.97. The highest BCUT2D eigenvalue weighted by Gasteiger charge is 2.31. The number of imidazole rings is 1. The van der Waals surface area contributed by atoms with E-state index in [9.17, 15) is 9.59 Å². The van der Waals surface area contributed by atoms with Crippen molar-refractivity contribution in [2.75, 3.05) is 18.0 Å².